The van der Waals surface area contributed by atoms with E-state index in [0.29, 0.717) is 11.4 Å². The van der Waals surface area contributed by atoms with E-state index in [0.717, 1.165) is 25.0 Å². The highest BCUT2D eigenvalue weighted by atomic mass is 16.1. The van der Waals surface area contributed by atoms with Gasteiger partial charge in [0.1, 0.15) is 5.82 Å². The second kappa shape index (κ2) is 4.71. The Morgan fingerprint density at radius 1 is 1.47 bits per heavy atom. The molecule has 0 aromatic carbocycles. The number of aryl methyl sites for hydroxylation is 1. The first-order valence-corrected chi connectivity index (χ1v) is 5.87. The number of rotatable bonds is 3. The molecule has 2 rings (SSSR count). The minimum absolute atomic E-state index is 0.123. The number of hydrogen-bond acceptors (Lipinski definition) is 4. The third-order valence-corrected chi connectivity index (χ3v) is 3.19. The Balaban J connectivity index is 2.24. The van der Waals surface area contributed by atoms with Gasteiger partial charge >= 0.3 is 0 Å². The average molecular weight is 234 g/mol. The van der Waals surface area contributed by atoms with Gasteiger partial charge in [-0.3, -0.25) is 4.79 Å². The molecule has 5 heteroatoms. The summed E-state index contributed by atoms with van der Waals surface area (Å²) < 4.78 is 0. The Morgan fingerprint density at radius 3 is 2.82 bits per heavy atom. The highest BCUT2D eigenvalue weighted by molar-refractivity contribution is 5.97. The number of anilines is 1. The average Bonchev–Trinajstić information content (AvgIpc) is 2.64. The number of primary amides is 1. The van der Waals surface area contributed by atoms with Gasteiger partial charge in [-0.25, -0.2) is 4.98 Å². The van der Waals surface area contributed by atoms with Crippen molar-refractivity contribution in [3.05, 3.63) is 23.4 Å². The molecule has 1 heterocycles. The smallest absolute Gasteiger partial charge is 0.252 e. The van der Waals surface area contributed by atoms with Crippen LogP contribution in [-0.2, 0) is 0 Å². The van der Waals surface area contributed by atoms with Gasteiger partial charge in [0.15, 0.2) is 0 Å². The number of pyridine rings is 1. The fraction of sp³-hybridized carbons (Fsp3) is 0.500. The largest absolute Gasteiger partial charge is 0.365 e. The Bertz CT molecular complexity index is 433. The number of nitrogens with two attached hydrogens (primary N) is 2. The number of aromatic nitrogens is 1. The van der Waals surface area contributed by atoms with Gasteiger partial charge in [0.05, 0.1) is 5.56 Å². The maximum Gasteiger partial charge on any atom is 0.252 e. The number of nitrogens with one attached hydrogen (secondary N) is 1. The summed E-state index contributed by atoms with van der Waals surface area (Å²) in [5, 5.41) is 3.24. The van der Waals surface area contributed by atoms with Crippen LogP contribution in [0.5, 0.6) is 0 Å². The van der Waals surface area contributed by atoms with Gasteiger partial charge in [-0.05, 0) is 38.3 Å². The third-order valence-electron chi connectivity index (χ3n) is 3.19. The van der Waals surface area contributed by atoms with E-state index < -0.39 is 5.91 Å². The van der Waals surface area contributed by atoms with Gasteiger partial charge in [-0.2, -0.15) is 0 Å². The number of nitrogens with zero attached hydrogens (tertiary/aromatic N) is 1. The van der Waals surface area contributed by atoms with Crippen molar-refractivity contribution < 1.29 is 4.79 Å². The van der Waals surface area contributed by atoms with Gasteiger partial charge in [-0.1, -0.05) is 0 Å². The van der Waals surface area contributed by atoms with Crippen LogP contribution in [0.1, 0.15) is 35.3 Å². The summed E-state index contributed by atoms with van der Waals surface area (Å²) in [6.07, 6.45) is 3.13. The van der Waals surface area contributed by atoms with Crippen molar-refractivity contribution in [1.82, 2.24) is 4.98 Å². The molecule has 2 unspecified atom stereocenters. The van der Waals surface area contributed by atoms with E-state index >= 15 is 0 Å². The molecule has 1 amide bonds. The van der Waals surface area contributed by atoms with Crippen LogP contribution in [0.3, 0.4) is 0 Å². The fourth-order valence-electron chi connectivity index (χ4n) is 2.21. The lowest BCUT2D eigenvalue weighted by Crippen LogP contribution is -2.36. The summed E-state index contributed by atoms with van der Waals surface area (Å²) in [4.78, 5) is 15.6. The van der Waals surface area contributed by atoms with Crippen molar-refractivity contribution in [2.45, 2.75) is 38.3 Å². The second-order valence-electron chi connectivity index (χ2n) is 4.56. The normalized spacial score (nSPS) is 23.6. The lowest BCUT2D eigenvalue weighted by atomic mass is 10.1. The molecule has 5 N–H and O–H groups in total. The predicted octanol–water partition coefficient (Wildman–Crippen LogP) is 0.781. The van der Waals surface area contributed by atoms with E-state index in [4.69, 9.17) is 11.5 Å². The SMILES string of the molecule is Cc1ccc(C(N)=O)c(NC2CCCC2N)n1. The molecule has 17 heavy (non-hydrogen) atoms. The maximum absolute atomic E-state index is 11.3. The van der Waals surface area contributed by atoms with Crippen molar-refractivity contribution in [2.24, 2.45) is 11.5 Å². The van der Waals surface area contributed by atoms with E-state index in [1.165, 1.54) is 0 Å². The van der Waals surface area contributed by atoms with Crippen molar-refractivity contribution in [3.63, 3.8) is 0 Å². The molecule has 0 bridgehead atoms. The van der Waals surface area contributed by atoms with Gasteiger partial charge in [0.2, 0.25) is 0 Å². The van der Waals surface area contributed by atoms with Crippen LogP contribution in [0, 0.1) is 6.92 Å². The molecule has 1 saturated carbocycles. The molecular formula is C12H18N4O. The summed E-state index contributed by atoms with van der Waals surface area (Å²) in [6, 6.07) is 3.79. The summed E-state index contributed by atoms with van der Waals surface area (Å²) in [6.45, 7) is 1.88. The molecule has 1 aliphatic carbocycles. The Labute approximate surface area is 101 Å². The summed E-state index contributed by atoms with van der Waals surface area (Å²) in [5.74, 6) is 0.0893. The zero-order valence-corrected chi connectivity index (χ0v) is 9.94. The first-order valence-electron chi connectivity index (χ1n) is 5.87. The molecule has 1 fully saturated rings. The zero-order chi connectivity index (χ0) is 12.4. The van der Waals surface area contributed by atoms with Crippen LogP contribution in [0.2, 0.25) is 0 Å². The molecule has 0 aliphatic heterocycles. The lowest BCUT2D eigenvalue weighted by molar-refractivity contribution is 0.100. The second-order valence-corrected chi connectivity index (χ2v) is 4.56. The molecule has 0 spiro atoms. The van der Waals surface area contributed by atoms with Crippen molar-refractivity contribution in [1.29, 1.82) is 0 Å². The van der Waals surface area contributed by atoms with Crippen molar-refractivity contribution in [3.8, 4) is 0 Å². The summed E-state index contributed by atoms with van der Waals surface area (Å²) >= 11 is 0. The quantitative estimate of drug-likeness (QED) is 0.720. The molecule has 1 aromatic rings. The maximum atomic E-state index is 11.3. The van der Waals surface area contributed by atoms with Gasteiger partial charge in [0.25, 0.3) is 5.91 Å². The minimum Gasteiger partial charge on any atom is -0.365 e. The van der Waals surface area contributed by atoms with Crippen LogP contribution in [0.15, 0.2) is 12.1 Å². The fourth-order valence-corrected chi connectivity index (χ4v) is 2.21. The molecule has 92 valence electrons. The number of hydrogen-bond donors (Lipinski definition) is 3. The zero-order valence-electron chi connectivity index (χ0n) is 9.94. The molecular weight excluding hydrogens is 216 g/mol. The topological polar surface area (TPSA) is 94.0 Å². The monoisotopic (exact) mass is 234 g/mol. The van der Waals surface area contributed by atoms with Crippen molar-refractivity contribution in [2.75, 3.05) is 5.32 Å². The summed E-state index contributed by atoms with van der Waals surface area (Å²) in [5.41, 5.74) is 12.6. The Kier molecular flexibility index (Phi) is 3.28. The molecule has 1 aliphatic rings. The molecule has 5 nitrogen and oxygen atoms in total. The summed E-state index contributed by atoms with van der Waals surface area (Å²) in [7, 11) is 0. The Hall–Kier alpha value is -1.62. The van der Waals surface area contributed by atoms with Gasteiger partial charge in [-0.15, -0.1) is 0 Å². The first-order chi connectivity index (χ1) is 8.08. The number of carbonyl (C=O) groups excluding carboxylic acids is 1. The molecule has 0 radical (unpaired) electrons. The van der Waals surface area contributed by atoms with Crippen LogP contribution < -0.4 is 16.8 Å². The molecule has 2 atom stereocenters. The lowest BCUT2D eigenvalue weighted by Gasteiger charge is -2.19. The van der Waals surface area contributed by atoms with Gasteiger partial charge in [0, 0.05) is 17.8 Å². The highest BCUT2D eigenvalue weighted by Crippen LogP contribution is 2.22. The van der Waals surface area contributed by atoms with E-state index in [9.17, 15) is 4.79 Å². The third kappa shape index (κ3) is 2.55. The Morgan fingerprint density at radius 2 is 2.24 bits per heavy atom. The van der Waals surface area contributed by atoms with Crippen LogP contribution in [-0.4, -0.2) is 23.0 Å². The first kappa shape index (κ1) is 11.9. The number of carbonyl (C=O) groups is 1. The van der Waals surface area contributed by atoms with Crippen molar-refractivity contribution >= 4 is 11.7 Å². The molecule has 0 saturated heterocycles. The minimum atomic E-state index is -0.466. The van der Waals surface area contributed by atoms with Crippen LogP contribution >= 0.6 is 0 Å². The van der Waals surface area contributed by atoms with Crippen LogP contribution in [0.25, 0.3) is 0 Å². The predicted molar refractivity (Wildman–Crippen MR) is 66.7 cm³/mol. The van der Waals surface area contributed by atoms with Crippen LogP contribution in [0.4, 0.5) is 5.82 Å². The van der Waals surface area contributed by atoms with E-state index in [-0.39, 0.29) is 12.1 Å². The van der Waals surface area contributed by atoms with E-state index in [1.54, 1.807) is 12.1 Å². The van der Waals surface area contributed by atoms with E-state index in [2.05, 4.69) is 10.3 Å². The van der Waals surface area contributed by atoms with Gasteiger partial charge < -0.3 is 16.8 Å². The number of amides is 1. The highest BCUT2D eigenvalue weighted by Gasteiger charge is 2.25. The molecule has 1 aromatic heterocycles. The van der Waals surface area contributed by atoms with E-state index in [1.807, 2.05) is 6.92 Å². The standard InChI is InChI=1S/C12H18N4O/c1-7-5-6-8(11(14)17)12(15-7)16-10-4-2-3-9(10)13/h5-6,9-10H,2-4,13H2,1H3,(H2,14,17)(H,15,16).